The summed E-state index contributed by atoms with van der Waals surface area (Å²) in [6.07, 6.45) is 0. The van der Waals surface area contributed by atoms with Crippen LogP contribution in [0.4, 0.5) is 5.69 Å². The highest BCUT2D eigenvalue weighted by Gasteiger charge is 2.14. The third-order valence-corrected chi connectivity index (χ3v) is 6.36. The molecule has 4 aromatic rings. The molecule has 0 saturated heterocycles. The molecule has 0 aliphatic heterocycles. The fraction of sp³-hybridized carbons (Fsp3) is 0.111. The number of nitrogens with one attached hydrogen (secondary N) is 2. The summed E-state index contributed by atoms with van der Waals surface area (Å²) in [7, 11) is 0. The Morgan fingerprint density at radius 3 is 2.96 bits per heavy atom. The molecule has 0 aliphatic rings. The molecule has 1 amide bonds. The second-order valence-corrected chi connectivity index (χ2v) is 8.70. The van der Waals surface area contributed by atoms with Crippen molar-refractivity contribution in [2.45, 2.75) is 12.1 Å². The zero-order valence-corrected chi connectivity index (χ0v) is 17.8. The number of halogens is 1. The van der Waals surface area contributed by atoms with Gasteiger partial charge in [0.1, 0.15) is 11.2 Å². The number of rotatable bonds is 5. The van der Waals surface area contributed by atoms with Gasteiger partial charge in [0.2, 0.25) is 11.1 Å². The van der Waals surface area contributed by atoms with Gasteiger partial charge in [0, 0.05) is 4.47 Å². The van der Waals surface area contributed by atoms with Crippen molar-refractivity contribution in [3.63, 3.8) is 0 Å². The first kappa shape index (κ1) is 18.9. The highest BCUT2D eigenvalue weighted by Crippen LogP contribution is 2.26. The molecule has 1 aromatic carbocycles. The summed E-state index contributed by atoms with van der Waals surface area (Å²) >= 11 is 6.19. The van der Waals surface area contributed by atoms with Crippen molar-refractivity contribution in [2.24, 2.45) is 0 Å². The summed E-state index contributed by atoms with van der Waals surface area (Å²) in [5, 5.41) is 16.3. The van der Waals surface area contributed by atoms with E-state index in [2.05, 4.69) is 36.5 Å². The molecule has 0 atom stereocenters. The third-order valence-electron chi connectivity index (χ3n) is 3.88. The molecule has 3 heterocycles. The standard InChI is InChI=1S/C18H14BrN5O2S2/c1-10-4-5-12(11(19)7-10)20-16(25)9-28-18-22-21-17(26)14-8-13(23-24(14)18)15-3-2-6-27-15/h2-8H,9H2,1H3,(H,20,25)(H,21,26). The number of nitrogens with zero attached hydrogens (tertiary/aromatic N) is 3. The van der Waals surface area contributed by atoms with Crippen molar-refractivity contribution in [1.82, 2.24) is 19.8 Å². The van der Waals surface area contributed by atoms with Crippen molar-refractivity contribution in [2.75, 3.05) is 11.1 Å². The average molecular weight is 476 g/mol. The quantitative estimate of drug-likeness (QED) is 0.426. The van der Waals surface area contributed by atoms with Gasteiger partial charge in [-0.15, -0.1) is 16.4 Å². The number of hydrogen-bond donors (Lipinski definition) is 2. The maximum Gasteiger partial charge on any atom is 0.290 e. The number of aromatic nitrogens is 4. The monoisotopic (exact) mass is 475 g/mol. The Balaban J connectivity index is 1.54. The van der Waals surface area contributed by atoms with E-state index in [1.54, 1.807) is 17.4 Å². The van der Waals surface area contributed by atoms with Gasteiger partial charge in [-0.05, 0) is 58.1 Å². The largest absolute Gasteiger partial charge is 0.324 e. The Kier molecular flexibility index (Phi) is 5.33. The van der Waals surface area contributed by atoms with Crippen LogP contribution in [-0.4, -0.2) is 31.5 Å². The summed E-state index contributed by atoms with van der Waals surface area (Å²) in [6, 6.07) is 11.3. The molecule has 0 aliphatic carbocycles. The molecular formula is C18H14BrN5O2S2. The molecule has 2 N–H and O–H groups in total. The van der Waals surface area contributed by atoms with Gasteiger partial charge >= 0.3 is 0 Å². The van der Waals surface area contributed by atoms with Crippen molar-refractivity contribution in [3.8, 4) is 10.6 Å². The van der Waals surface area contributed by atoms with E-state index in [-0.39, 0.29) is 17.2 Å². The van der Waals surface area contributed by atoms with Crippen molar-refractivity contribution in [1.29, 1.82) is 0 Å². The molecule has 28 heavy (non-hydrogen) atoms. The van der Waals surface area contributed by atoms with E-state index in [9.17, 15) is 9.59 Å². The Morgan fingerprint density at radius 1 is 1.36 bits per heavy atom. The van der Waals surface area contributed by atoms with Crippen LogP contribution in [-0.2, 0) is 4.79 Å². The summed E-state index contributed by atoms with van der Waals surface area (Å²) in [6.45, 7) is 1.98. The average Bonchev–Trinajstić information content (AvgIpc) is 3.33. The lowest BCUT2D eigenvalue weighted by molar-refractivity contribution is -0.113. The van der Waals surface area contributed by atoms with Gasteiger partial charge in [-0.2, -0.15) is 5.10 Å². The van der Waals surface area contributed by atoms with Gasteiger partial charge in [-0.25, -0.2) is 9.61 Å². The minimum atomic E-state index is -0.326. The van der Waals surface area contributed by atoms with E-state index in [1.807, 2.05) is 42.6 Å². The first-order chi connectivity index (χ1) is 13.5. The minimum Gasteiger partial charge on any atom is -0.324 e. The molecule has 142 valence electrons. The SMILES string of the molecule is Cc1ccc(NC(=O)CSc2n[nH]c(=O)c3cc(-c4cccs4)nn23)c(Br)c1. The minimum absolute atomic E-state index is 0.128. The van der Waals surface area contributed by atoms with E-state index in [4.69, 9.17) is 0 Å². The number of carbonyl (C=O) groups excluding carboxylic acids is 1. The maximum absolute atomic E-state index is 12.3. The number of hydrogen-bond acceptors (Lipinski definition) is 6. The lowest BCUT2D eigenvalue weighted by atomic mass is 10.2. The number of amides is 1. The van der Waals surface area contributed by atoms with Crippen LogP contribution < -0.4 is 10.9 Å². The highest BCUT2D eigenvalue weighted by molar-refractivity contribution is 9.10. The van der Waals surface area contributed by atoms with E-state index in [0.717, 1.165) is 14.9 Å². The van der Waals surface area contributed by atoms with Crippen LogP contribution >= 0.6 is 39.0 Å². The molecule has 10 heteroatoms. The van der Waals surface area contributed by atoms with Gasteiger partial charge in [-0.1, -0.05) is 23.9 Å². The number of anilines is 1. The lowest BCUT2D eigenvalue weighted by Gasteiger charge is -2.08. The zero-order chi connectivity index (χ0) is 19.7. The van der Waals surface area contributed by atoms with Crippen LogP contribution in [0.3, 0.4) is 0 Å². The van der Waals surface area contributed by atoms with Crippen LogP contribution in [0.15, 0.2) is 56.2 Å². The highest BCUT2D eigenvalue weighted by atomic mass is 79.9. The number of carbonyl (C=O) groups is 1. The van der Waals surface area contributed by atoms with Gasteiger partial charge in [0.15, 0.2) is 0 Å². The van der Waals surface area contributed by atoms with Crippen LogP contribution in [0, 0.1) is 6.92 Å². The normalized spacial score (nSPS) is 11.1. The number of thioether (sulfide) groups is 1. The van der Waals surface area contributed by atoms with Gasteiger partial charge in [0.05, 0.1) is 16.3 Å². The van der Waals surface area contributed by atoms with Crippen molar-refractivity contribution in [3.05, 3.63) is 62.2 Å². The lowest BCUT2D eigenvalue weighted by Crippen LogP contribution is -2.17. The summed E-state index contributed by atoms with van der Waals surface area (Å²) in [5.41, 5.74) is 2.56. The Labute approximate surface area is 176 Å². The fourth-order valence-electron chi connectivity index (χ4n) is 2.57. The third kappa shape index (κ3) is 3.89. The first-order valence-corrected chi connectivity index (χ1v) is 10.9. The van der Waals surface area contributed by atoms with Crippen LogP contribution in [0.1, 0.15) is 5.56 Å². The van der Waals surface area contributed by atoms with Crippen LogP contribution in [0.2, 0.25) is 0 Å². The Bertz CT molecular complexity index is 1220. The van der Waals surface area contributed by atoms with Gasteiger partial charge in [0.25, 0.3) is 5.56 Å². The number of H-pyrrole nitrogens is 1. The zero-order valence-electron chi connectivity index (χ0n) is 14.6. The van der Waals surface area contributed by atoms with E-state index in [1.165, 1.54) is 16.3 Å². The molecule has 0 unspecified atom stereocenters. The number of fused-ring (bicyclic) bond motifs is 1. The summed E-state index contributed by atoms with van der Waals surface area (Å²) < 4.78 is 2.30. The van der Waals surface area contributed by atoms with Crippen molar-refractivity contribution >= 4 is 56.1 Å². The molecule has 3 aromatic heterocycles. The summed E-state index contributed by atoms with van der Waals surface area (Å²) in [4.78, 5) is 25.4. The van der Waals surface area contributed by atoms with Gasteiger partial charge in [-0.3, -0.25) is 9.59 Å². The fourth-order valence-corrected chi connectivity index (χ4v) is 4.55. The number of aryl methyl sites for hydroxylation is 1. The molecule has 0 bridgehead atoms. The number of aromatic amines is 1. The van der Waals surface area contributed by atoms with Crippen LogP contribution in [0.25, 0.3) is 16.1 Å². The molecule has 4 rings (SSSR count). The first-order valence-electron chi connectivity index (χ1n) is 8.22. The van der Waals surface area contributed by atoms with E-state index < -0.39 is 0 Å². The van der Waals surface area contributed by atoms with E-state index in [0.29, 0.717) is 22.1 Å². The molecule has 0 saturated carbocycles. The number of thiophene rings is 1. The van der Waals surface area contributed by atoms with Crippen LogP contribution in [0.5, 0.6) is 0 Å². The van der Waals surface area contributed by atoms with Gasteiger partial charge < -0.3 is 5.32 Å². The van der Waals surface area contributed by atoms with Crippen molar-refractivity contribution < 1.29 is 4.79 Å². The smallest absolute Gasteiger partial charge is 0.290 e. The maximum atomic E-state index is 12.3. The predicted molar refractivity (Wildman–Crippen MR) is 115 cm³/mol. The Morgan fingerprint density at radius 2 is 2.21 bits per heavy atom. The second-order valence-electron chi connectivity index (χ2n) is 5.96. The molecular weight excluding hydrogens is 462 g/mol. The second kappa shape index (κ2) is 7.90. The molecule has 7 nitrogen and oxygen atoms in total. The summed E-state index contributed by atoms with van der Waals surface area (Å²) in [5.74, 6) is -0.0517. The molecule has 0 spiro atoms. The van der Waals surface area contributed by atoms with E-state index >= 15 is 0 Å². The molecule has 0 fully saturated rings. The topological polar surface area (TPSA) is 92.1 Å². The Hall–Kier alpha value is -2.43. The number of benzene rings is 1. The predicted octanol–water partition coefficient (Wildman–Crippen LogP) is 3.95. The molecule has 0 radical (unpaired) electrons.